The van der Waals surface area contributed by atoms with Crippen molar-refractivity contribution in [1.82, 2.24) is 9.78 Å². The Morgan fingerprint density at radius 3 is 2.84 bits per heavy atom. The summed E-state index contributed by atoms with van der Waals surface area (Å²) in [6, 6.07) is 3.87. The minimum absolute atomic E-state index is 0.165. The van der Waals surface area contributed by atoms with Gasteiger partial charge in [0.05, 0.1) is 13.3 Å². The highest BCUT2D eigenvalue weighted by molar-refractivity contribution is 6.31. The normalized spacial score (nSPS) is 12.5. The lowest BCUT2D eigenvalue weighted by atomic mass is 10.1. The molecule has 1 atom stereocenters. The van der Waals surface area contributed by atoms with Crippen molar-refractivity contribution in [2.24, 2.45) is 0 Å². The predicted octanol–water partition coefficient (Wildman–Crippen LogP) is 2.79. The van der Waals surface area contributed by atoms with Gasteiger partial charge in [0.1, 0.15) is 17.6 Å². The van der Waals surface area contributed by atoms with Crippen LogP contribution >= 0.6 is 11.6 Å². The topological polar surface area (TPSA) is 47.3 Å². The molecule has 1 unspecified atom stereocenters. The molecule has 0 saturated heterocycles. The summed E-state index contributed by atoms with van der Waals surface area (Å²) in [6.07, 6.45) is 0.505. The molecule has 6 heteroatoms. The molecule has 2 aromatic rings. The van der Waals surface area contributed by atoms with Crippen molar-refractivity contribution in [1.29, 1.82) is 0 Å². The molecule has 2 rings (SSSR count). The van der Waals surface area contributed by atoms with Crippen molar-refractivity contribution in [3.05, 3.63) is 46.5 Å². The smallest absolute Gasteiger partial charge is 0.163 e. The Balaban J connectivity index is 2.48. The molecule has 1 heterocycles. The molecule has 0 aliphatic heterocycles. The zero-order chi connectivity index (χ0) is 14.0. The SMILES string of the molecule is CCn1ncc(OC)c1C(O)c1ccc(F)cc1Cl. The summed E-state index contributed by atoms with van der Waals surface area (Å²) in [5, 5.41) is 14.7. The fraction of sp³-hybridized carbons (Fsp3) is 0.308. The number of methoxy groups -OCH3 is 1. The first-order valence-electron chi connectivity index (χ1n) is 5.81. The van der Waals surface area contributed by atoms with E-state index >= 15 is 0 Å². The number of aliphatic hydroxyl groups excluding tert-OH is 1. The van der Waals surface area contributed by atoms with Gasteiger partial charge in [0.25, 0.3) is 0 Å². The molecular formula is C13H14ClFN2O2. The lowest BCUT2D eigenvalue weighted by molar-refractivity contribution is 0.202. The lowest BCUT2D eigenvalue weighted by Gasteiger charge is -2.15. The Morgan fingerprint density at radius 1 is 1.53 bits per heavy atom. The Hall–Kier alpha value is -1.59. The number of aliphatic hydroxyl groups is 1. The molecule has 0 saturated carbocycles. The maximum Gasteiger partial charge on any atom is 0.163 e. The second-order valence-electron chi connectivity index (χ2n) is 3.98. The van der Waals surface area contributed by atoms with E-state index in [0.717, 1.165) is 0 Å². The molecule has 19 heavy (non-hydrogen) atoms. The van der Waals surface area contributed by atoms with E-state index in [9.17, 15) is 9.50 Å². The van der Waals surface area contributed by atoms with Crippen LogP contribution in [-0.4, -0.2) is 22.0 Å². The van der Waals surface area contributed by atoms with Crippen molar-refractivity contribution in [2.75, 3.05) is 7.11 Å². The number of nitrogens with zero attached hydrogens (tertiary/aromatic N) is 2. The minimum Gasteiger partial charge on any atom is -0.493 e. The van der Waals surface area contributed by atoms with E-state index in [1.54, 1.807) is 4.68 Å². The first-order valence-corrected chi connectivity index (χ1v) is 6.19. The van der Waals surface area contributed by atoms with Gasteiger partial charge in [-0.1, -0.05) is 17.7 Å². The van der Waals surface area contributed by atoms with Gasteiger partial charge in [-0.3, -0.25) is 4.68 Å². The van der Waals surface area contributed by atoms with Crippen LogP contribution in [0, 0.1) is 5.82 Å². The van der Waals surface area contributed by atoms with E-state index < -0.39 is 11.9 Å². The highest BCUT2D eigenvalue weighted by Gasteiger charge is 2.23. The van der Waals surface area contributed by atoms with Gasteiger partial charge in [-0.05, 0) is 19.1 Å². The average Bonchev–Trinajstić information content (AvgIpc) is 2.80. The highest BCUT2D eigenvalue weighted by atomic mass is 35.5. The maximum absolute atomic E-state index is 13.0. The molecule has 0 spiro atoms. The van der Waals surface area contributed by atoms with E-state index in [2.05, 4.69) is 5.10 Å². The van der Waals surface area contributed by atoms with Gasteiger partial charge in [0.2, 0.25) is 0 Å². The summed E-state index contributed by atoms with van der Waals surface area (Å²) >= 11 is 5.96. The number of ether oxygens (including phenoxy) is 1. The first kappa shape index (κ1) is 13.8. The summed E-state index contributed by atoms with van der Waals surface area (Å²) in [6.45, 7) is 2.48. The molecule has 0 amide bonds. The van der Waals surface area contributed by atoms with Crippen molar-refractivity contribution in [2.45, 2.75) is 19.6 Å². The van der Waals surface area contributed by atoms with E-state index in [1.807, 2.05) is 6.92 Å². The highest BCUT2D eigenvalue weighted by Crippen LogP contribution is 2.33. The average molecular weight is 285 g/mol. The first-order chi connectivity index (χ1) is 9.08. The molecule has 102 valence electrons. The number of aryl methyl sites for hydroxylation is 1. The summed E-state index contributed by atoms with van der Waals surface area (Å²) in [5.74, 6) is 0.0201. The van der Waals surface area contributed by atoms with E-state index in [4.69, 9.17) is 16.3 Å². The number of halogens is 2. The molecule has 1 aromatic heterocycles. The van der Waals surface area contributed by atoms with Gasteiger partial charge in [-0.15, -0.1) is 0 Å². The van der Waals surface area contributed by atoms with Crippen LogP contribution in [0.3, 0.4) is 0 Å². The largest absolute Gasteiger partial charge is 0.493 e. The van der Waals surface area contributed by atoms with Crippen LogP contribution in [0.5, 0.6) is 5.75 Å². The van der Waals surface area contributed by atoms with E-state index in [0.29, 0.717) is 23.6 Å². The van der Waals surface area contributed by atoms with Crippen molar-refractivity contribution < 1.29 is 14.2 Å². The molecule has 0 bridgehead atoms. The Morgan fingerprint density at radius 2 is 2.26 bits per heavy atom. The summed E-state index contributed by atoms with van der Waals surface area (Å²) in [4.78, 5) is 0. The number of hydrogen-bond acceptors (Lipinski definition) is 3. The van der Waals surface area contributed by atoms with Crippen molar-refractivity contribution in [3.63, 3.8) is 0 Å². The number of rotatable bonds is 4. The number of benzene rings is 1. The minimum atomic E-state index is -1.02. The van der Waals surface area contributed by atoms with Crippen LogP contribution in [0.4, 0.5) is 4.39 Å². The lowest BCUT2D eigenvalue weighted by Crippen LogP contribution is -2.10. The van der Waals surface area contributed by atoms with Crippen LogP contribution in [0.25, 0.3) is 0 Å². The third-order valence-corrected chi connectivity index (χ3v) is 3.21. The number of aromatic nitrogens is 2. The molecule has 0 fully saturated rings. The Labute approximate surface area is 115 Å². The standard InChI is InChI=1S/C13H14ClFN2O2/c1-3-17-12(11(19-2)7-16-17)13(18)9-5-4-8(15)6-10(9)14/h4-7,13,18H,3H2,1-2H3. The van der Waals surface area contributed by atoms with E-state index in [-0.39, 0.29) is 5.02 Å². The Bertz CT molecular complexity index is 565. The van der Waals surface area contributed by atoms with Gasteiger partial charge in [-0.2, -0.15) is 5.10 Å². The maximum atomic E-state index is 13.0. The number of hydrogen-bond donors (Lipinski definition) is 1. The molecular weight excluding hydrogens is 271 g/mol. The second kappa shape index (κ2) is 5.59. The molecule has 0 aliphatic carbocycles. The van der Waals surface area contributed by atoms with Crippen LogP contribution in [-0.2, 0) is 6.54 Å². The molecule has 0 aliphatic rings. The van der Waals surface area contributed by atoms with Gasteiger partial charge in [0.15, 0.2) is 5.75 Å². The summed E-state index contributed by atoms with van der Waals surface area (Å²) in [5.41, 5.74) is 0.912. The molecule has 4 nitrogen and oxygen atoms in total. The third-order valence-electron chi connectivity index (χ3n) is 2.88. The summed E-state index contributed by atoms with van der Waals surface area (Å²) < 4.78 is 19.8. The second-order valence-corrected chi connectivity index (χ2v) is 4.39. The molecule has 0 radical (unpaired) electrons. The van der Waals surface area contributed by atoms with Gasteiger partial charge >= 0.3 is 0 Å². The Kier molecular flexibility index (Phi) is 4.07. The van der Waals surface area contributed by atoms with Gasteiger partial charge in [0, 0.05) is 17.1 Å². The third kappa shape index (κ3) is 2.57. The monoisotopic (exact) mass is 284 g/mol. The van der Waals surface area contributed by atoms with Crippen LogP contribution in [0.2, 0.25) is 5.02 Å². The van der Waals surface area contributed by atoms with Gasteiger partial charge in [-0.25, -0.2) is 4.39 Å². The van der Waals surface area contributed by atoms with Crippen molar-refractivity contribution in [3.8, 4) is 5.75 Å². The fourth-order valence-corrected chi connectivity index (χ4v) is 2.20. The fourth-order valence-electron chi connectivity index (χ4n) is 1.93. The quantitative estimate of drug-likeness (QED) is 0.939. The van der Waals surface area contributed by atoms with Gasteiger partial charge < -0.3 is 9.84 Å². The van der Waals surface area contributed by atoms with Crippen LogP contribution < -0.4 is 4.74 Å². The van der Waals surface area contributed by atoms with Crippen LogP contribution in [0.1, 0.15) is 24.3 Å². The zero-order valence-corrected chi connectivity index (χ0v) is 11.4. The molecule has 1 N–H and O–H groups in total. The zero-order valence-electron chi connectivity index (χ0n) is 10.6. The molecule has 1 aromatic carbocycles. The van der Waals surface area contributed by atoms with Crippen molar-refractivity contribution >= 4 is 11.6 Å². The van der Waals surface area contributed by atoms with E-state index in [1.165, 1.54) is 31.5 Å². The van der Waals surface area contributed by atoms with Crippen LogP contribution in [0.15, 0.2) is 24.4 Å². The predicted molar refractivity (Wildman–Crippen MR) is 69.9 cm³/mol. The summed E-state index contributed by atoms with van der Waals surface area (Å²) in [7, 11) is 1.50.